The second kappa shape index (κ2) is 5.99. The van der Waals surface area contributed by atoms with Gasteiger partial charge in [0.2, 0.25) is 11.8 Å². The van der Waals surface area contributed by atoms with Gasteiger partial charge in [-0.05, 0) is 19.1 Å². The first kappa shape index (κ1) is 13.1. The van der Waals surface area contributed by atoms with Crippen molar-refractivity contribution in [1.29, 1.82) is 0 Å². The van der Waals surface area contributed by atoms with E-state index in [0.29, 0.717) is 12.5 Å². The van der Waals surface area contributed by atoms with E-state index < -0.39 is 0 Å². The monoisotopic (exact) mass is 260 g/mol. The van der Waals surface area contributed by atoms with Crippen LogP contribution in [-0.4, -0.2) is 34.3 Å². The van der Waals surface area contributed by atoms with Crippen LogP contribution >= 0.6 is 0 Å². The fraction of sp³-hybridized carbons (Fsp3) is 0.308. The Bertz CT molecular complexity index is 565. The van der Waals surface area contributed by atoms with Crippen molar-refractivity contribution in [2.24, 2.45) is 0 Å². The summed E-state index contributed by atoms with van der Waals surface area (Å²) >= 11 is 0. The maximum absolute atomic E-state index is 11.3. The summed E-state index contributed by atoms with van der Waals surface area (Å²) in [6, 6.07) is 3.76. The average molecular weight is 260 g/mol. The molecule has 0 saturated carbocycles. The van der Waals surface area contributed by atoms with Gasteiger partial charge < -0.3 is 10.1 Å². The summed E-state index contributed by atoms with van der Waals surface area (Å²) in [5.41, 5.74) is 1.74. The summed E-state index contributed by atoms with van der Waals surface area (Å²) in [6.07, 6.45) is 5.18. The maximum Gasteiger partial charge on any atom is 0.241 e. The number of rotatable bonds is 5. The highest BCUT2D eigenvalue weighted by molar-refractivity contribution is 5.75. The Morgan fingerprint density at radius 3 is 3.11 bits per heavy atom. The van der Waals surface area contributed by atoms with E-state index in [1.54, 1.807) is 30.3 Å². The SMILES string of the molecule is CCOc1ncccc1-c1cnn(CC(=O)NC)c1. The summed E-state index contributed by atoms with van der Waals surface area (Å²) in [7, 11) is 1.60. The second-order valence-electron chi connectivity index (χ2n) is 3.89. The lowest BCUT2D eigenvalue weighted by atomic mass is 10.1. The van der Waals surface area contributed by atoms with Gasteiger partial charge in [-0.15, -0.1) is 0 Å². The molecule has 19 heavy (non-hydrogen) atoms. The molecule has 2 aromatic rings. The lowest BCUT2D eigenvalue weighted by Crippen LogP contribution is -2.23. The minimum absolute atomic E-state index is 0.0918. The summed E-state index contributed by atoms with van der Waals surface area (Å²) in [5.74, 6) is 0.482. The second-order valence-corrected chi connectivity index (χ2v) is 3.89. The predicted molar refractivity (Wildman–Crippen MR) is 70.7 cm³/mol. The van der Waals surface area contributed by atoms with Crippen LogP contribution in [0.15, 0.2) is 30.7 Å². The summed E-state index contributed by atoms with van der Waals surface area (Å²) in [5, 5.41) is 6.71. The number of hydrogen-bond donors (Lipinski definition) is 1. The minimum Gasteiger partial charge on any atom is -0.478 e. The Kier molecular flexibility index (Phi) is 4.12. The van der Waals surface area contributed by atoms with Crippen LogP contribution in [0.3, 0.4) is 0 Å². The third kappa shape index (κ3) is 3.09. The van der Waals surface area contributed by atoms with Gasteiger partial charge in [-0.2, -0.15) is 5.10 Å². The van der Waals surface area contributed by atoms with Gasteiger partial charge in [-0.3, -0.25) is 9.48 Å². The molecule has 2 rings (SSSR count). The van der Waals surface area contributed by atoms with E-state index in [2.05, 4.69) is 15.4 Å². The molecular weight excluding hydrogens is 244 g/mol. The van der Waals surface area contributed by atoms with Gasteiger partial charge in [-0.25, -0.2) is 4.98 Å². The third-order valence-electron chi connectivity index (χ3n) is 2.58. The first-order valence-electron chi connectivity index (χ1n) is 6.05. The van der Waals surface area contributed by atoms with Crippen molar-refractivity contribution in [3.63, 3.8) is 0 Å². The molecule has 1 amide bonds. The fourth-order valence-corrected chi connectivity index (χ4v) is 1.68. The molecule has 6 heteroatoms. The zero-order valence-corrected chi connectivity index (χ0v) is 11.0. The lowest BCUT2D eigenvalue weighted by Gasteiger charge is -2.06. The smallest absolute Gasteiger partial charge is 0.241 e. The molecule has 0 unspecified atom stereocenters. The van der Waals surface area contributed by atoms with Gasteiger partial charge >= 0.3 is 0 Å². The number of carbonyl (C=O) groups excluding carboxylic acids is 1. The number of nitrogens with one attached hydrogen (secondary N) is 1. The zero-order valence-electron chi connectivity index (χ0n) is 11.0. The average Bonchev–Trinajstić information content (AvgIpc) is 2.88. The number of hydrogen-bond acceptors (Lipinski definition) is 4. The molecular formula is C13H16N4O2. The van der Waals surface area contributed by atoms with Gasteiger partial charge in [0.1, 0.15) is 6.54 Å². The molecule has 0 saturated heterocycles. The molecule has 6 nitrogen and oxygen atoms in total. The van der Waals surface area contributed by atoms with E-state index in [9.17, 15) is 4.79 Å². The number of amides is 1. The molecule has 1 N–H and O–H groups in total. The van der Waals surface area contributed by atoms with Crippen LogP contribution in [0.25, 0.3) is 11.1 Å². The molecule has 0 aliphatic heterocycles. The standard InChI is InChI=1S/C13H16N4O2/c1-3-19-13-11(5-4-6-15-13)10-7-16-17(8-10)9-12(18)14-2/h4-8H,3,9H2,1-2H3,(H,14,18). The molecule has 0 fully saturated rings. The Morgan fingerprint density at radius 2 is 2.37 bits per heavy atom. The van der Waals surface area contributed by atoms with Crippen molar-refractivity contribution in [2.75, 3.05) is 13.7 Å². The van der Waals surface area contributed by atoms with Crippen molar-refractivity contribution in [3.8, 4) is 17.0 Å². The van der Waals surface area contributed by atoms with Crippen molar-refractivity contribution in [3.05, 3.63) is 30.7 Å². The lowest BCUT2D eigenvalue weighted by molar-refractivity contribution is -0.121. The Balaban J connectivity index is 2.25. The van der Waals surface area contributed by atoms with Crippen LogP contribution in [0.1, 0.15) is 6.92 Å². The van der Waals surface area contributed by atoms with Crippen LogP contribution in [0.5, 0.6) is 5.88 Å². The number of carbonyl (C=O) groups is 1. The van der Waals surface area contributed by atoms with E-state index in [-0.39, 0.29) is 12.5 Å². The molecule has 100 valence electrons. The summed E-state index contributed by atoms with van der Waals surface area (Å²) in [6.45, 7) is 2.66. The third-order valence-corrected chi connectivity index (χ3v) is 2.58. The Hall–Kier alpha value is -2.37. The number of pyridine rings is 1. The molecule has 0 spiro atoms. The number of ether oxygens (including phenoxy) is 1. The Labute approximate surface area is 111 Å². The van der Waals surface area contributed by atoms with Crippen LogP contribution in [0.4, 0.5) is 0 Å². The van der Waals surface area contributed by atoms with Crippen LogP contribution < -0.4 is 10.1 Å². The number of likely N-dealkylation sites (N-methyl/N-ethyl adjacent to an activating group) is 1. The first-order valence-corrected chi connectivity index (χ1v) is 6.05. The van der Waals surface area contributed by atoms with E-state index in [1.807, 2.05) is 19.1 Å². The van der Waals surface area contributed by atoms with Crippen molar-refractivity contribution in [1.82, 2.24) is 20.1 Å². The van der Waals surface area contributed by atoms with Gasteiger partial charge in [0.25, 0.3) is 0 Å². The van der Waals surface area contributed by atoms with Crippen LogP contribution in [-0.2, 0) is 11.3 Å². The van der Waals surface area contributed by atoms with Crippen LogP contribution in [0, 0.1) is 0 Å². The fourth-order valence-electron chi connectivity index (χ4n) is 1.68. The maximum atomic E-state index is 11.3. The molecule has 0 aliphatic rings. The number of nitrogens with zero attached hydrogens (tertiary/aromatic N) is 3. The summed E-state index contributed by atoms with van der Waals surface area (Å²) < 4.78 is 7.06. The van der Waals surface area contributed by atoms with Gasteiger partial charge in [0.05, 0.1) is 12.8 Å². The van der Waals surface area contributed by atoms with E-state index in [4.69, 9.17) is 4.74 Å². The largest absolute Gasteiger partial charge is 0.478 e. The normalized spacial score (nSPS) is 10.2. The van der Waals surface area contributed by atoms with Gasteiger partial charge in [-0.1, -0.05) is 0 Å². The zero-order chi connectivity index (χ0) is 13.7. The number of aromatic nitrogens is 3. The van der Waals surface area contributed by atoms with E-state index in [1.165, 1.54) is 0 Å². The first-order chi connectivity index (χ1) is 9.24. The van der Waals surface area contributed by atoms with E-state index >= 15 is 0 Å². The minimum atomic E-state index is -0.0918. The highest BCUT2D eigenvalue weighted by Gasteiger charge is 2.10. The molecule has 2 aromatic heterocycles. The van der Waals surface area contributed by atoms with Crippen molar-refractivity contribution in [2.45, 2.75) is 13.5 Å². The predicted octanol–water partition coefficient (Wildman–Crippen LogP) is 1.09. The highest BCUT2D eigenvalue weighted by atomic mass is 16.5. The highest BCUT2D eigenvalue weighted by Crippen LogP contribution is 2.27. The molecule has 0 bridgehead atoms. The van der Waals surface area contributed by atoms with Gasteiger partial charge in [0, 0.05) is 30.6 Å². The quantitative estimate of drug-likeness (QED) is 0.873. The van der Waals surface area contributed by atoms with Gasteiger partial charge in [0.15, 0.2) is 0 Å². The topological polar surface area (TPSA) is 69.0 Å². The Morgan fingerprint density at radius 1 is 1.53 bits per heavy atom. The van der Waals surface area contributed by atoms with Crippen LogP contribution in [0.2, 0.25) is 0 Å². The summed E-state index contributed by atoms with van der Waals surface area (Å²) in [4.78, 5) is 15.5. The molecule has 0 atom stereocenters. The molecule has 0 aromatic carbocycles. The molecule has 0 radical (unpaired) electrons. The van der Waals surface area contributed by atoms with Crippen molar-refractivity contribution >= 4 is 5.91 Å². The molecule has 0 aliphatic carbocycles. The van der Waals surface area contributed by atoms with E-state index in [0.717, 1.165) is 11.1 Å². The molecule has 2 heterocycles. The van der Waals surface area contributed by atoms with Crippen molar-refractivity contribution < 1.29 is 9.53 Å².